The maximum absolute atomic E-state index is 14.1. The second kappa shape index (κ2) is 42.1. The molecule has 3 aromatic carbocycles. The Balaban J connectivity index is 1.91. The van der Waals surface area contributed by atoms with E-state index in [0.29, 0.717) is 104 Å². The molecule has 0 amide bonds. The van der Waals surface area contributed by atoms with E-state index in [2.05, 4.69) is 34.3 Å². The van der Waals surface area contributed by atoms with Crippen LogP contribution in [-0.4, -0.2) is 88.3 Å². The summed E-state index contributed by atoms with van der Waals surface area (Å²) in [5, 5.41) is 9.98. The molecule has 466 valence electrons. The third-order valence-corrected chi connectivity index (χ3v) is 14.0. The Morgan fingerprint density at radius 2 is 0.964 bits per heavy atom. The number of aliphatic hydroxyl groups excluding tert-OH is 1. The van der Waals surface area contributed by atoms with E-state index in [0.717, 1.165) is 109 Å². The van der Waals surface area contributed by atoms with E-state index >= 15 is 0 Å². The number of aliphatic hydroxyl groups is 1. The molecule has 2 unspecified atom stereocenters. The first-order chi connectivity index (χ1) is 40.7. The van der Waals surface area contributed by atoms with Crippen LogP contribution in [0.5, 0.6) is 40.2 Å². The van der Waals surface area contributed by atoms with Crippen LogP contribution in [0, 0.1) is 11.3 Å². The van der Waals surface area contributed by atoms with Crippen LogP contribution in [0.15, 0.2) is 73.3 Å². The highest BCUT2D eigenvalue weighted by atomic mass is 16.6. The fourth-order valence-electron chi connectivity index (χ4n) is 9.08. The minimum Gasteiger partial charge on any atom is -0.490 e. The molecule has 84 heavy (non-hydrogen) atoms. The Labute approximate surface area is 500 Å². The molecule has 0 heterocycles. The first-order valence-corrected chi connectivity index (χ1v) is 30.8. The summed E-state index contributed by atoms with van der Waals surface area (Å²) < 4.78 is 60.0. The molecule has 0 fully saturated rings. The van der Waals surface area contributed by atoms with Crippen molar-refractivity contribution in [2.45, 2.75) is 189 Å². The number of ether oxygens (including phenoxy) is 10. The third kappa shape index (κ3) is 26.0. The standard InChI is InChI=1S/C68H98O16/c1-10-16-20-24-47-78-62-51(32-40-55(64(62)80-49-26-22-18-12-3)57(31-30-44-69)84-67(74)68(7,8)56(14-5)66(73)75-9)34-42-60(71)82-53-36-38-54(39-37-53)83-61(72)43-35-52-33-41-58(76-45-28-29-46-77-59(70)15-6)65(81-50-27-23-19-13-4)63(52)79-48-25-21-17-11-2/h15,32-43,56-57,69H,6,10-14,16-31,44-50H2,1-5,7-9H3. The number of hydrogen-bond donors (Lipinski definition) is 1. The summed E-state index contributed by atoms with van der Waals surface area (Å²) >= 11 is 0. The van der Waals surface area contributed by atoms with E-state index in [9.17, 15) is 29.1 Å². The van der Waals surface area contributed by atoms with Crippen molar-refractivity contribution in [3.63, 3.8) is 0 Å². The first-order valence-electron chi connectivity index (χ1n) is 30.8. The minimum atomic E-state index is -1.24. The molecule has 3 rings (SSSR count). The normalized spacial score (nSPS) is 12.1. The maximum atomic E-state index is 14.1. The molecule has 16 nitrogen and oxygen atoms in total. The van der Waals surface area contributed by atoms with Gasteiger partial charge in [0, 0.05) is 41.5 Å². The number of benzene rings is 3. The van der Waals surface area contributed by atoms with Crippen LogP contribution >= 0.6 is 0 Å². The zero-order chi connectivity index (χ0) is 61.4. The molecule has 0 bridgehead atoms. The Morgan fingerprint density at radius 3 is 1.43 bits per heavy atom. The molecule has 0 spiro atoms. The molecule has 0 aliphatic heterocycles. The van der Waals surface area contributed by atoms with Crippen LogP contribution in [0.4, 0.5) is 0 Å². The number of esters is 5. The molecular weight excluding hydrogens is 1070 g/mol. The van der Waals surface area contributed by atoms with Gasteiger partial charge in [0.05, 0.1) is 58.1 Å². The molecule has 16 heteroatoms. The highest BCUT2D eigenvalue weighted by Gasteiger charge is 2.43. The van der Waals surface area contributed by atoms with Crippen molar-refractivity contribution in [2.75, 3.05) is 53.4 Å². The second-order valence-corrected chi connectivity index (χ2v) is 21.2. The summed E-state index contributed by atoms with van der Waals surface area (Å²) in [6.45, 7) is 19.2. The Kier molecular flexibility index (Phi) is 35.8. The van der Waals surface area contributed by atoms with Crippen molar-refractivity contribution < 1.29 is 76.4 Å². The monoisotopic (exact) mass is 1170 g/mol. The minimum absolute atomic E-state index is 0.150. The molecule has 0 radical (unpaired) electrons. The van der Waals surface area contributed by atoms with Gasteiger partial charge in [-0.2, -0.15) is 0 Å². The molecule has 0 aliphatic rings. The van der Waals surface area contributed by atoms with Crippen LogP contribution in [-0.2, 0) is 38.2 Å². The van der Waals surface area contributed by atoms with Crippen LogP contribution in [0.2, 0.25) is 0 Å². The summed E-state index contributed by atoms with van der Waals surface area (Å²) in [5.74, 6) is -1.11. The molecule has 3 aromatic rings. The van der Waals surface area contributed by atoms with Gasteiger partial charge in [0.25, 0.3) is 0 Å². The van der Waals surface area contributed by atoms with Crippen molar-refractivity contribution in [1.29, 1.82) is 0 Å². The van der Waals surface area contributed by atoms with Crippen molar-refractivity contribution in [3.8, 4) is 40.2 Å². The lowest BCUT2D eigenvalue weighted by Crippen LogP contribution is -2.40. The van der Waals surface area contributed by atoms with Crippen molar-refractivity contribution in [3.05, 3.63) is 90.0 Å². The van der Waals surface area contributed by atoms with Gasteiger partial charge in [-0.05, 0) is 120 Å². The van der Waals surface area contributed by atoms with Crippen LogP contribution in [0.1, 0.15) is 206 Å². The van der Waals surface area contributed by atoms with Crippen LogP contribution in [0.25, 0.3) is 12.2 Å². The average molecular weight is 1170 g/mol. The second-order valence-electron chi connectivity index (χ2n) is 21.2. The number of unbranched alkanes of at least 4 members (excludes halogenated alkanes) is 13. The lowest BCUT2D eigenvalue weighted by atomic mass is 9.77. The number of rotatable bonds is 46. The zero-order valence-electron chi connectivity index (χ0n) is 51.7. The first kappa shape index (κ1) is 71.5. The van der Waals surface area contributed by atoms with E-state index in [1.54, 1.807) is 44.2 Å². The smallest absolute Gasteiger partial charge is 0.336 e. The molecule has 2 atom stereocenters. The Hall–Kier alpha value is -6.81. The van der Waals surface area contributed by atoms with Gasteiger partial charge in [-0.15, -0.1) is 0 Å². The Bertz CT molecular complexity index is 2480. The fraction of sp³-hybridized carbons (Fsp3) is 0.574. The number of methoxy groups -OCH3 is 1. The molecule has 0 saturated carbocycles. The lowest BCUT2D eigenvalue weighted by molar-refractivity contribution is -0.171. The summed E-state index contributed by atoms with van der Waals surface area (Å²) in [7, 11) is 1.29. The SMILES string of the molecule is C=CC(=O)OCCCCOc1ccc(C=CC(=O)Oc2ccc(OC(=O)C=Cc3ccc(C(CCCO)OC(=O)C(C)(C)C(CC)C(=O)OC)c(OCCCCCC)c3OCCCCCC)cc2)c(OCCCCCC)c1OCCCCCC. The predicted octanol–water partition coefficient (Wildman–Crippen LogP) is 15.2. The van der Waals surface area contributed by atoms with Gasteiger partial charge in [-0.3, -0.25) is 9.59 Å². The highest BCUT2D eigenvalue weighted by Crippen LogP contribution is 2.45. The quantitative estimate of drug-likeness (QED) is 0.0184. The van der Waals surface area contributed by atoms with Crippen molar-refractivity contribution in [1.82, 2.24) is 0 Å². The van der Waals surface area contributed by atoms with Gasteiger partial charge < -0.3 is 52.5 Å². The van der Waals surface area contributed by atoms with Crippen LogP contribution in [0.3, 0.4) is 0 Å². The largest absolute Gasteiger partial charge is 0.490 e. The average Bonchev–Trinajstić information content (AvgIpc) is 2.50. The highest BCUT2D eigenvalue weighted by molar-refractivity contribution is 5.91. The van der Waals surface area contributed by atoms with E-state index in [-0.39, 0.29) is 31.1 Å². The van der Waals surface area contributed by atoms with Gasteiger partial charge in [-0.25, -0.2) is 14.4 Å². The Morgan fingerprint density at radius 1 is 0.524 bits per heavy atom. The molecule has 0 aromatic heterocycles. The predicted molar refractivity (Wildman–Crippen MR) is 328 cm³/mol. The maximum Gasteiger partial charge on any atom is 0.336 e. The summed E-state index contributed by atoms with van der Waals surface area (Å²) in [6, 6.07) is 13.2. The zero-order valence-corrected chi connectivity index (χ0v) is 51.7. The summed E-state index contributed by atoms with van der Waals surface area (Å²) in [5.41, 5.74) is 0.410. The van der Waals surface area contributed by atoms with E-state index in [4.69, 9.17) is 47.4 Å². The third-order valence-electron chi connectivity index (χ3n) is 14.0. The number of carbonyl (C=O) groups is 5. The van der Waals surface area contributed by atoms with Gasteiger partial charge in [0.2, 0.25) is 5.75 Å². The van der Waals surface area contributed by atoms with E-state index in [1.807, 2.05) is 13.0 Å². The van der Waals surface area contributed by atoms with Crippen molar-refractivity contribution >= 4 is 42.0 Å². The summed E-state index contributed by atoms with van der Waals surface area (Å²) in [4.78, 5) is 65.2. The number of carbonyl (C=O) groups excluding carboxylic acids is 5. The molecule has 0 aliphatic carbocycles. The number of hydrogen-bond acceptors (Lipinski definition) is 16. The van der Waals surface area contributed by atoms with Crippen molar-refractivity contribution in [2.24, 2.45) is 11.3 Å². The lowest BCUT2D eigenvalue weighted by Gasteiger charge is -2.32. The summed E-state index contributed by atoms with van der Waals surface area (Å²) in [6.07, 6.45) is 23.8. The molecule has 0 saturated heterocycles. The van der Waals surface area contributed by atoms with E-state index < -0.39 is 47.3 Å². The molecule has 1 N–H and O–H groups in total. The van der Waals surface area contributed by atoms with Gasteiger partial charge >= 0.3 is 29.8 Å². The van der Waals surface area contributed by atoms with Crippen LogP contribution < -0.4 is 33.2 Å². The topological polar surface area (TPSA) is 198 Å². The van der Waals surface area contributed by atoms with Gasteiger partial charge in [-0.1, -0.05) is 130 Å². The van der Waals surface area contributed by atoms with Gasteiger partial charge in [0.1, 0.15) is 17.6 Å². The fourth-order valence-corrected chi connectivity index (χ4v) is 9.08. The van der Waals surface area contributed by atoms with Gasteiger partial charge in [0.15, 0.2) is 23.0 Å². The van der Waals surface area contributed by atoms with E-state index in [1.165, 1.54) is 43.5 Å². The molecular formula is C68H98O16.